The van der Waals surface area contributed by atoms with E-state index < -0.39 is 0 Å². The number of morpholine rings is 1. The van der Waals surface area contributed by atoms with Gasteiger partial charge >= 0.3 is 0 Å². The minimum atomic E-state index is -0.361. The molecule has 1 aliphatic heterocycles. The van der Waals surface area contributed by atoms with E-state index in [-0.39, 0.29) is 23.1 Å². The number of hydrogen-bond acceptors (Lipinski definition) is 6. The van der Waals surface area contributed by atoms with Crippen LogP contribution >= 0.6 is 11.3 Å². The van der Waals surface area contributed by atoms with Crippen LogP contribution in [0.15, 0.2) is 22.6 Å². The van der Waals surface area contributed by atoms with E-state index in [2.05, 4.69) is 29.0 Å². The highest BCUT2D eigenvalue weighted by molar-refractivity contribution is 7.15. The van der Waals surface area contributed by atoms with Gasteiger partial charge < -0.3 is 10.1 Å². The van der Waals surface area contributed by atoms with Gasteiger partial charge in [0.15, 0.2) is 4.96 Å². The Morgan fingerprint density at radius 3 is 2.88 bits per heavy atom. The van der Waals surface area contributed by atoms with Crippen molar-refractivity contribution in [1.29, 1.82) is 0 Å². The summed E-state index contributed by atoms with van der Waals surface area (Å²) in [5.41, 5.74) is -0.239. The Kier molecular flexibility index (Phi) is 5.82. The molecule has 1 unspecified atom stereocenters. The molecule has 0 radical (unpaired) electrons. The topological polar surface area (TPSA) is 75.9 Å². The van der Waals surface area contributed by atoms with Crippen molar-refractivity contribution in [2.24, 2.45) is 5.92 Å². The lowest BCUT2D eigenvalue weighted by molar-refractivity contribution is 0.0124. The molecule has 25 heavy (non-hydrogen) atoms. The Morgan fingerprint density at radius 2 is 2.16 bits per heavy atom. The summed E-state index contributed by atoms with van der Waals surface area (Å²) in [7, 11) is 0. The minimum absolute atomic E-state index is 0.0844. The SMILES string of the molecule is CC(C)CC(CNC(=O)c1cnc2sccn2c1=O)N1CCOCC1. The monoisotopic (exact) mass is 364 g/mol. The van der Waals surface area contributed by atoms with E-state index in [4.69, 9.17) is 4.74 Å². The molecule has 0 spiro atoms. The van der Waals surface area contributed by atoms with Gasteiger partial charge in [-0.3, -0.25) is 18.9 Å². The quantitative estimate of drug-likeness (QED) is 0.834. The molecule has 2 aromatic rings. The third kappa shape index (κ3) is 4.26. The molecule has 1 amide bonds. The number of nitrogens with one attached hydrogen (secondary N) is 1. The van der Waals surface area contributed by atoms with Crippen LogP contribution in [0.5, 0.6) is 0 Å². The zero-order chi connectivity index (χ0) is 17.8. The summed E-state index contributed by atoms with van der Waals surface area (Å²) in [5, 5.41) is 4.71. The van der Waals surface area contributed by atoms with Crippen LogP contribution in [-0.4, -0.2) is 59.1 Å². The van der Waals surface area contributed by atoms with Crippen LogP contribution in [0, 0.1) is 5.92 Å². The molecule has 3 heterocycles. The first-order valence-electron chi connectivity index (χ1n) is 8.61. The molecular formula is C17H24N4O3S. The summed E-state index contributed by atoms with van der Waals surface area (Å²) in [6.45, 7) is 8.07. The van der Waals surface area contributed by atoms with Crippen molar-refractivity contribution >= 4 is 22.2 Å². The first-order valence-corrected chi connectivity index (χ1v) is 9.49. The standard InChI is InChI=1S/C17H24N4O3S/c1-12(2)9-13(20-3-6-24-7-4-20)10-18-15(22)14-11-19-17-21(16(14)23)5-8-25-17/h5,8,11-13H,3-4,6-7,9-10H2,1-2H3,(H,18,22). The molecule has 0 aliphatic carbocycles. The lowest BCUT2D eigenvalue weighted by Gasteiger charge is -2.35. The fourth-order valence-corrected chi connectivity index (χ4v) is 3.81. The van der Waals surface area contributed by atoms with E-state index in [9.17, 15) is 9.59 Å². The second-order valence-corrected chi connectivity index (χ2v) is 7.55. The number of hydrogen-bond donors (Lipinski definition) is 1. The van der Waals surface area contributed by atoms with E-state index in [1.807, 2.05) is 0 Å². The van der Waals surface area contributed by atoms with Gasteiger partial charge in [0.1, 0.15) is 5.56 Å². The number of carbonyl (C=O) groups excluding carboxylic acids is 1. The number of ether oxygens (including phenoxy) is 1. The van der Waals surface area contributed by atoms with Gasteiger partial charge in [-0.15, -0.1) is 11.3 Å². The van der Waals surface area contributed by atoms with Gasteiger partial charge in [-0.2, -0.15) is 0 Å². The molecular weight excluding hydrogens is 340 g/mol. The highest BCUT2D eigenvalue weighted by Gasteiger charge is 2.23. The average molecular weight is 364 g/mol. The number of carbonyl (C=O) groups is 1. The summed E-state index contributed by atoms with van der Waals surface area (Å²) in [5.74, 6) is 0.166. The summed E-state index contributed by atoms with van der Waals surface area (Å²) in [6, 6.07) is 0.244. The number of nitrogens with zero attached hydrogens (tertiary/aromatic N) is 3. The van der Waals surface area contributed by atoms with Gasteiger partial charge in [0.05, 0.1) is 13.2 Å². The van der Waals surface area contributed by atoms with E-state index in [1.165, 1.54) is 21.9 Å². The van der Waals surface area contributed by atoms with Gasteiger partial charge in [0, 0.05) is 43.4 Å². The van der Waals surface area contributed by atoms with Crippen LogP contribution < -0.4 is 10.9 Å². The molecule has 1 aliphatic rings. The smallest absolute Gasteiger partial charge is 0.271 e. The molecule has 3 rings (SSSR count). The van der Waals surface area contributed by atoms with Gasteiger partial charge in [-0.05, 0) is 12.3 Å². The predicted molar refractivity (Wildman–Crippen MR) is 97.3 cm³/mol. The van der Waals surface area contributed by atoms with Crippen LogP contribution in [-0.2, 0) is 4.74 Å². The lowest BCUT2D eigenvalue weighted by Crippen LogP contribution is -2.49. The number of rotatable bonds is 6. The number of fused-ring (bicyclic) bond motifs is 1. The van der Waals surface area contributed by atoms with Gasteiger partial charge in [-0.25, -0.2) is 4.98 Å². The van der Waals surface area contributed by atoms with Crippen molar-refractivity contribution in [3.8, 4) is 0 Å². The van der Waals surface area contributed by atoms with Crippen molar-refractivity contribution in [1.82, 2.24) is 19.6 Å². The molecule has 1 atom stereocenters. The molecule has 0 aromatic carbocycles. The first kappa shape index (κ1) is 18.0. The number of thiazole rings is 1. The molecule has 1 N–H and O–H groups in total. The minimum Gasteiger partial charge on any atom is -0.379 e. The van der Waals surface area contributed by atoms with E-state index in [0.717, 1.165) is 32.7 Å². The number of amides is 1. The molecule has 2 aromatic heterocycles. The zero-order valence-corrected chi connectivity index (χ0v) is 15.4. The van der Waals surface area contributed by atoms with Gasteiger partial charge in [-0.1, -0.05) is 13.8 Å². The van der Waals surface area contributed by atoms with Gasteiger partial charge in [0.2, 0.25) is 0 Å². The lowest BCUT2D eigenvalue weighted by atomic mass is 10.0. The van der Waals surface area contributed by atoms with Gasteiger partial charge in [0.25, 0.3) is 11.5 Å². The molecule has 0 bridgehead atoms. The fraction of sp³-hybridized carbons (Fsp3) is 0.588. The molecule has 7 nitrogen and oxygen atoms in total. The zero-order valence-electron chi connectivity index (χ0n) is 14.6. The predicted octanol–water partition coefficient (Wildman–Crippen LogP) is 1.23. The molecule has 1 saturated heterocycles. The summed E-state index contributed by atoms with van der Waals surface area (Å²) in [6.07, 6.45) is 4.00. The summed E-state index contributed by atoms with van der Waals surface area (Å²) in [4.78, 5) is 32.0. The summed E-state index contributed by atoms with van der Waals surface area (Å²) >= 11 is 1.37. The Balaban J connectivity index is 1.69. The molecule has 8 heteroatoms. The van der Waals surface area contributed by atoms with Crippen molar-refractivity contribution < 1.29 is 9.53 Å². The van der Waals surface area contributed by atoms with Crippen molar-refractivity contribution in [3.63, 3.8) is 0 Å². The van der Waals surface area contributed by atoms with Crippen molar-refractivity contribution in [2.75, 3.05) is 32.8 Å². The maximum absolute atomic E-state index is 12.5. The first-order chi connectivity index (χ1) is 12.1. The molecule has 136 valence electrons. The third-order valence-corrected chi connectivity index (χ3v) is 5.16. The third-order valence-electron chi connectivity index (χ3n) is 4.39. The largest absolute Gasteiger partial charge is 0.379 e. The van der Waals surface area contributed by atoms with Crippen LogP contribution in [0.1, 0.15) is 30.6 Å². The summed E-state index contributed by atoms with van der Waals surface area (Å²) < 4.78 is 6.83. The van der Waals surface area contributed by atoms with Crippen molar-refractivity contribution in [2.45, 2.75) is 26.3 Å². The Morgan fingerprint density at radius 1 is 1.40 bits per heavy atom. The van der Waals surface area contributed by atoms with E-state index >= 15 is 0 Å². The Labute approximate surface area is 150 Å². The number of aromatic nitrogens is 2. The highest BCUT2D eigenvalue weighted by atomic mass is 32.1. The maximum Gasteiger partial charge on any atom is 0.271 e. The fourth-order valence-electron chi connectivity index (χ4n) is 3.13. The van der Waals surface area contributed by atoms with E-state index in [1.54, 1.807) is 11.6 Å². The van der Waals surface area contributed by atoms with Crippen LogP contribution in [0.3, 0.4) is 0 Å². The van der Waals surface area contributed by atoms with Crippen molar-refractivity contribution in [3.05, 3.63) is 33.7 Å². The highest BCUT2D eigenvalue weighted by Crippen LogP contribution is 2.13. The van der Waals surface area contributed by atoms with E-state index in [0.29, 0.717) is 17.4 Å². The Hall–Kier alpha value is -1.77. The second-order valence-electron chi connectivity index (χ2n) is 6.67. The molecule has 0 saturated carbocycles. The van der Waals surface area contributed by atoms with Crippen LogP contribution in [0.25, 0.3) is 4.96 Å². The van der Waals surface area contributed by atoms with Crippen LogP contribution in [0.4, 0.5) is 0 Å². The average Bonchev–Trinajstić information content (AvgIpc) is 3.09. The molecule has 1 fully saturated rings. The Bertz CT molecular complexity index is 780. The van der Waals surface area contributed by atoms with Crippen LogP contribution in [0.2, 0.25) is 0 Å². The second kappa shape index (κ2) is 8.07. The maximum atomic E-state index is 12.5. The normalized spacial score (nSPS) is 17.1.